The third-order valence-corrected chi connectivity index (χ3v) is 4.42. The van der Waals surface area contributed by atoms with Gasteiger partial charge in [-0.15, -0.1) is 0 Å². The van der Waals surface area contributed by atoms with Crippen LogP contribution >= 0.6 is 0 Å². The highest BCUT2D eigenvalue weighted by atomic mass is 32.2. The maximum atomic E-state index is 12.2. The highest BCUT2D eigenvalue weighted by Gasteiger charge is 2.27. The van der Waals surface area contributed by atoms with Gasteiger partial charge in [-0.2, -0.15) is 0 Å². The van der Waals surface area contributed by atoms with Gasteiger partial charge in [-0.1, -0.05) is 6.07 Å². The fourth-order valence-corrected chi connectivity index (χ4v) is 3.08. The van der Waals surface area contributed by atoms with Crippen LogP contribution in [-0.4, -0.2) is 30.7 Å². The molecule has 1 aromatic heterocycles. The van der Waals surface area contributed by atoms with E-state index in [1.54, 1.807) is 12.1 Å². The zero-order valence-electron chi connectivity index (χ0n) is 10.7. The van der Waals surface area contributed by atoms with Crippen molar-refractivity contribution in [2.45, 2.75) is 11.5 Å². The minimum absolute atomic E-state index is 0.153. The molecule has 0 fully saturated rings. The number of rotatable bonds is 3. The number of nitrogens with zero attached hydrogens (tertiary/aromatic N) is 1. The molecule has 21 heavy (non-hydrogen) atoms. The highest BCUT2D eigenvalue weighted by molar-refractivity contribution is 7.92. The van der Waals surface area contributed by atoms with Crippen molar-refractivity contribution in [2.75, 3.05) is 4.72 Å². The summed E-state index contributed by atoms with van der Waals surface area (Å²) >= 11 is 0. The summed E-state index contributed by atoms with van der Waals surface area (Å²) in [6.45, 7) is 0.292. The fraction of sp³-hybridized carbons (Fsp3) is 0.0833. The van der Waals surface area contributed by atoms with E-state index in [1.165, 1.54) is 6.07 Å². The van der Waals surface area contributed by atoms with Crippen LogP contribution in [0.4, 0.5) is 5.69 Å². The lowest BCUT2D eigenvalue weighted by molar-refractivity contribution is 0.275. The van der Waals surface area contributed by atoms with Crippen LogP contribution in [-0.2, 0) is 21.3 Å². The standard InChI is InChI=1S/C12H11BN2O5S/c16-10-4-11(6-14-5-10)21(18,19)15-9-2-1-8-7-20-13(17)12(8)3-9/h1-6,15-17H,7H2. The summed E-state index contributed by atoms with van der Waals surface area (Å²) < 4.78 is 31.8. The van der Waals surface area contributed by atoms with Gasteiger partial charge in [0.1, 0.15) is 10.6 Å². The lowest BCUT2D eigenvalue weighted by atomic mass is 9.79. The topological polar surface area (TPSA) is 109 Å². The minimum Gasteiger partial charge on any atom is -0.506 e. The van der Waals surface area contributed by atoms with Crippen molar-refractivity contribution < 1.29 is 23.2 Å². The number of pyridine rings is 1. The van der Waals surface area contributed by atoms with Crippen molar-refractivity contribution in [1.82, 2.24) is 4.98 Å². The Balaban J connectivity index is 1.91. The molecule has 0 amide bonds. The zero-order valence-corrected chi connectivity index (χ0v) is 11.5. The molecular formula is C12H11BN2O5S. The third-order valence-electron chi connectivity index (χ3n) is 3.07. The van der Waals surface area contributed by atoms with E-state index in [4.69, 9.17) is 4.65 Å². The number of hydrogen-bond acceptors (Lipinski definition) is 6. The average molecular weight is 306 g/mol. The lowest BCUT2D eigenvalue weighted by Gasteiger charge is -2.09. The van der Waals surface area contributed by atoms with Gasteiger partial charge in [0.05, 0.1) is 12.8 Å². The molecule has 108 valence electrons. The molecule has 0 radical (unpaired) electrons. The number of fused-ring (bicyclic) bond motifs is 1. The molecule has 1 aliphatic rings. The molecule has 3 N–H and O–H groups in total. The first-order valence-corrected chi connectivity index (χ1v) is 7.53. The smallest absolute Gasteiger partial charge is 0.491 e. The number of anilines is 1. The lowest BCUT2D eigenvalue weighted by Crippen LogP contribution is -2.28. The summed E-state index contributed by atoms with van der Waals surface area (Å²) in [6.07, 6.45) is 2.27. The monoisotopic (exact) mass is 306 g/mol. The molecule has 0 atom stereocenters. The van der Waals surface area contributed by atoms with Gasteiger partial charge in [-0.25, -0.2) is 8.42 Å². The SMILES string of the molecule is O=S(=O)(Nc1ccc2c(c1)B(O)OC2)c1cncc(O)c1. The third kappa shape index (κ3) is 2.71. The van der Waals surface area contributed by atoms with Gasteiger partial charge >= 0.3 is 7.12 Å². The molecule has 0 saturated heterocycles. The van der Waals surface area contributed by atoms with Crippen LogP contribution < -0.4 is 10.2 Å². The van der Waals surface area contributed by atoms with Crippen LogP contribution in [0, 0.1) is 0 Å². The van der Waals surface area contributed by atoms with E-state index < -0.39 is 17.1 Å². The van der Waals surface area contributed by atoms with Crippen LogP contribution in [0.3, 0.4) is 0 Å². The van der Waals surface area contributed by atoms with Crippen LogP contribution in [0.15, 0.2) is 41.6 Å². The summed E-state index contributed by atoms with van der Waals surface area (Å²) in [5, 5.41) is 18.9. The zero-order chi connectivity index (χ0) is 15.0. The van der Waals surface area contributed by atoms with Gasteiger partial charge in [0.25, 0.3) is 10.0 Å². The van der Waals surface area contributed by atoms with E-state index in [0.717, 1.165) is 24.0 Å². The first-order chi connectivity index (χ1) is 9.95. The van der Waals surface area contributed by atoms with Crippen molar-refractivity contribution in [3.8, 4) is 5.75 Å². The van der Waals surface area contributed by atoms with E-state index in [9.17, 15) is 18.5 Å². The second-order valence-corrected chi connectivity index (χ2v) is 6.24. The first-order valence-electron chi connectivity index (χ1n) is 6.05. The summed E-state index contributed by atoms with van der Waals surface area (Å²) in [5.74, 6) is -0.240. The Morgan fingerprint density at radius 1 is 1.29 bits per heavy atom. The van der Waals surface area contributed by atoms with Crippen LogP contribution in [0.5, 0.6) is 5.75 Å². The Morgan fingerprint density at radius 2 is 2.10 bits per heavy atom. The molecule has 0 bridgehead atoms. The van der Waals surface area contributed by atoms with Crippen molar-refractivity contribution in [3.63, 3.8) is 0 Å². The summed E-state index contributed by atoms with van der Waals surface area (Å²) in [7, 11) is -4.91. The van der Waals surface area contributed by atoms with E-state index in [-0.39, 0.29) is 10.6 Å². The molecule has 0 saturated carbocycles. The summed E-state index contributed by atoms with van der Waals surface area (Å²) in [4.78, 5) is 3.48. The molecule has 2 aromatic rings. The van der Waals surface area contributed by atoms with Gasteiger partial charge < -0.3 is 14.8 Å². The quantitative estimate of drug-likeness (QED) is 0.678. The minimum atomic E-state index is -3.87. The largest absolute Gasteiger partial charge is 0.506 e. The van der Waals surface area contributed by atoms with E-state index in [0.29, 0.717) is 17.8 Å². The molecule has 9 heteroatoms. The average Bonchev–Trinajstić information content (AvgIpc) is 2.80. The molecule has 0 spiro atoms. The van der Waals surface area contributed by atoms with Gasteiger partial charge in [0.2, 0.25) is 0 Å². The maximum absolute atomic E-state index is 12.2. The van der Waals surface area contributed by atoms with Gasteiger partial charge in [-0.3, -0.25) is 9.71 Å². The second-order valence-electron chi connectivity index (χ2n) is 4.56. The van der Waals surface area contributed by atoms with E-state index >= 15 is 0 Å². The van der Waals surface area contributed by atoms with Crippen LogP contribution in [0.1, 0.15) is 5.56 Å². The Kier molecular flexibility index (Phi) is 3.32. The fourth-order valence-electron chi connectivity index (χ4n) is 2.05. The van der Waals surface area contributed by atoms with Gasteiger partial charge in [-0.05, 0) is 23.2 Å². The van der Waals surface area contributed by atoms with Crippen LogP contribution in [0.25, 0.3) is 0 Å². The van der Waals surface area contributed by atoms with Crippen LogP contribution in [0.2, 0.25) is 0 Å². The highest BCUT2D eigenvalue weighted by Crippen LogP contribution is 2.20. The molecule has 0 aliphatic carbocycles. The molecular weight excluding hydrogens is 295 g/mol. The first kappa shape index (κ1) is 13.9. The Morgan fingerprint density at radius 3 is 2.86 bits per heavy atom. The molecule has 1 aromatic carbocycles. The van der Waals surface area contributed by atoms with E-state index in [2.05, 4.69) is 9.71 Å². The molecule has 0 unspecified atom stereocenters. The van der Waals surface area contributed by atoms with Crippen molar-refractivity contribution in [1.29, 1.82) is 0 Å². The Hall–Kier alpha value is -2.10. The van der Waals surface area contributed by atoms with Crippen molar-refractivity contribution >= 4 is 28.3 Å². The predicted octanol–water partition coefficient (Wildman–Crippen LogP) is -0.194. The normalized spacial score (nSPS) is 14.0. The maximum Gasteiger partial charge on any atom is 0.491 e. The Labute approximate surface area is 121 Å². The number of sulfonamides is 1. The molecule has 2 heterocycles. The molecule has 1 aliphatic heterocycles. The van der Waals surface area contributed by atoms with Crippen molar-refractivity contribution in [3.05, 3.63) is 42.2 Å². The number of aromatic nitrogens is 1. The van der Waals surface area contributed by atoms with E-state index in [1.807, 2.05) is 0 Å². The summed E-state index contributed by atoms with van der Waals surface area (Å²) in [6, 6.07) is 5.87. The number of hydrogen-bond donors (Lipinski definition) is 3. The number of benzene rings is 1. The van der Waals surface area contributed by atoms with Crippen molar-refractivity contribution in [2.24, 2.45) is 0 Å². The summed E-state index contributed by atoms with van der Waals surface area (Å²) in [5.41, 5.74) is 1.63. The Bertz CT molecular complexity index is 796. The predicted molar refractivity (Wildman–Crippen MR) is 75.5 cm³/mol. The number of aromatic hydroxyl groups is 1. The molecule has 3 rings (SSSR count). The van der Waals surface area contributed by atoms with Gasteiger partial charge in [0, 0.05) is 18.0 Å². The molecule has 7 nitrogen and oxygen atoms in total. The second kappa shape index (κ2) is 5.03. The number of nitrogens with one attached hydrogen (secondary N) is 1. The van der Waals surface area contributed by atoms with Gasteiger partial charge in [0.15, 0.2) is 0 Å².